The molecule has 1 N–H and O–H groups in total. The van der Waals surface area contributed by atoms with Gasteiger partial charge in [-0.2, -0.15) is 0 Å². The van der Waals surface area contributed by atoms with Crippen LogP contribution in [-0.2, 0) is 19.9 Å². The molecule has 3 aromatic rings. The van der Waals surface area contributed by atoms with Crippen molar-refractivity contribution < 1.29 is 21.6 Å². The van der Waals surface area contributed by atoms with E-state index >= 15 is 0 Å². The minimum Gasteiger partial charge on any atom is -0.496 e. The summed E-state index contributed by atoms with van der Waals surface area (Å²) in [5.74, 6) is 0.624. The van der Waals surface area contributed by atoms with Crippen molar-refractivity contribution in [1.82, 2.24) is 10.2 Å². The molecule has 30 heavy (non-hydrogen) atoms. The first-order valence-electron chi connectivity index (χ1n) is 8.83. The second kappa shape index (κ2) is 8.04. The maximum atomic E-state index is 12.8. The summed E-state index contributed by atoms with van der Waals surface area (Å²) >= 11 is 0. The number of ether oxygens (including phenoxy) is 1. The SMILES string of the molecule is COc1cc(C)c(S(=O)(=O)Nc2ccc(-c3ccc(S(C)(=O)=O)nn3)cc2)cc1C. The average Bonchev–Trinajstić information content (AvgIpc) is 2.69. The van der Waals surface area contributed by atoms with Gasteiger partial charge in [0.2, 0.25) is 0 Å². The van der Waals surface area contributed by atoms with E-state index in [1.54, 1.807) is 56.3 Å². The molecule has 0 atom stereocenters. The van der Waals surface area contributed by atoms with Gasteiger partial charge in [-0.3, -0.25) is 4.72 Å². The first kappa shape index (κ1) is 21.7. The summed E-state index contributed by atoms with van der Waals surface area (Å²) in [6.45, 7) is 3.49. The number of benzene rings is 2. The third-order valence-corrected chi connectivity index (χ3v) is 6.94. The van der Waals surface area contributed by atoms with Gasteiger partial charge in [0.25, 0.3) is 10.0 Å². The molecule has 0 radical (unpaired) electrons. The molecule has 158 valence electrons. The maximum Gasteiger partial charge on any atom is 0.262 e. The van der Waals surface area contributed by atoms with E-state index in [-0.39, 0.29) is 9.92 Å². The number of nitrogens with one attached hydrogen (secondary N) is 1. The summed E-state index contributed by atoms with van der Waals surface area (Å²) in [7, 11) is -5.68. The number of methoxy groups -OCH3 is 1. The van der Waals surface area contributed by atoms with Crippen LogP contribution in [0.1, 0.15) is 11.1 Å². The second-order valence-electron chi connectivity index (χ2n) is 6.80. The number of sulfonamides is 1. The van der Waals surface area contributed by atoms with Crippen molar-refractivity contribution in [1.29, 1.82) is 0 Å². The molecule has 1 aromatic heterocycles. The monoisotopic (exact) mass is 447 g/mol. The molecular formula is C20H21N3O5S2. The van der Waals surface area contributed by atoms with Gasteiger partial charge in [-0.1, -0.05) is 12.1 Å². The van der Waals surface area contributed by atoms with Crippen LogP contribution in [0.5, 0.6) is 5.75 Å². The minimum absolute atomic E-state index is 0.110. The number of aryl methyl sites for hydroxylation is 2. The highest BCUT2D eigenvalue weighted by atomic mass is 32.2. The van der Waals surface area contributed by atoms with E-state index in [1.807, 2.05) is 0 Å². The Labute approximate surface area is 175 Å². The zero-order chi connectivity index (χ0) is 22.1. The van der Waals surface area contributed by atoms with E-state index in [2.05, 4.69) is 14.9 Å². The Morgan fingerprint density at radius 2 is 1.53 bits per heavy atom. The van der Waals surface area contributed by atoms with E-state index in [9.17, 15) is 16.8 Å². The lowest BCUT2D eigenvalue weighted by molar-refractivity contribution is 0.411. The third kappa shape index (κ3) is 4.60. The van der Waals surface area contributed by atoms with Gasteiger partial charge in [0.1, 0.15) is 5.75 Å². The number of sulfone groups is 1. The summed E-state index contributed by atoms with van der Waals surface area (Å²) in [5.41, 5.74) is 2.81. The van der Waals surface area contributed by atoms with Crippen molar-refractivity contribution in [3.05, 3.63) is 59.7 Å². The van der Waals surface area contributed by atoms with Crippen LogP contribution in [0.15, 0.2) is 58.5 Å². The normalized spacial score (nSPS) is 11.9. The van der Waals surface area contributed by atoms with Crippen molar-refractivity contribution in [3.63, 3.8) is 0 Å². The van der Waals surface area contributed by atoms with E-state index in [0.717, 1.165) is 11.8 Å². The van der Waals surface area contributed by atoms with Crippen molar-refractivity contribution in [3.8, 4) is 17.0 Å². The Morgan fingerprint density at radius 3 is 2.07 bits per heavy atom. The maximum absolute atomic E-state index is 12.8. The van der Waals surface area contributed by atoms with Crippen molar-refractivity contribution >= 4 is 25.5 Å². The highest BCUT2D eigenvalue weighted by molar-refractivity contribution is 7.92. The Balaban J connectivity index is 1.84. The molecule has 0 amide bonds. The van der Waals surface area contributed by atoms with Gasteiger partial charge in [-0.05, 0) is 61.4 Å². The smallest absolute Gasteiger partial charge is 0.262 e. The van der Waals surface area contributed by atoms with Crippen LogP contribution in [0.25, 0.3) is 11.3 Å². The van der Waals surface area contributed by atoms with Crippen LogP contribution in [0.3, 0.4) is 0 Å². The van der Waals surface area contributed by atoms with E-state index < -0.39 is 19.9 Å². The molecule has 0 spiro atoms. The lowest BCUT2D eigenvalue weighted by Gasteiger charge is -2.13. The van der Waals surface area contributed by atoms with Gasteiger partial charge in [0.05, 0.1) is 17.7 Å². The molecule has 0 saturated carbocycles. The van der Waals surface area contributed by atoms with Gasteiger partial charge in [0, 0.05) is 17.5 Å². The molecule has 1 heterocycles. The average molecular weight is 448 g/mol. The van der Waals surface area contributed by atoms with Crippen LogP contribution >= 0.6 is 0 Å². The molecule has 0 bridgehead atoms. The fourth-order valence-corrected chi connectivity index (χ4v) is 4.74. The van der Waals surface area contributed by atoms with Crippen LogP contribution in [0.2, 0.25) is 0 Å². The van der Waals surface area contributed by atoms with E-state index in [0.29, 0.717) is 28.3 Å². The highest BCUT2D eigenvalue weighted by Crippen LogP contribution is 2.27. The fraction of sp³-hybridized carbons (Fsp3) is 0.200. The minimum atomic E-state index is -3.79. The Bertz CT molecular complexity index is 1290. The molecule has 0 aliphatic carbocycles. The number of rotatable bonds is 6. The first-order valence-corrected chi connectivity index (χ1v) is 12.2. The molecule has 8 nitrogen and oxygen atoms in total. The fourth-order valence-electron chi connectivity index (χ4n) is 2.86. The zero-order valence-electron chi connectivity index (χ0n) is 16.9. The highest BCUT2D eigenvalue weighted by Gasteiger charge is 2.19. The quantitative estimate of drug-likeness (QED) is 0.618. The molecule has 0 unspecified atom stereocenters. The van der Waals surface area contributed by atoms with Crippen molar-refractivity contribution in [2.75, 3.05) is 18.1 Å². The molecule has 2 aromatic carbocycles. The topological polar surface area (TPSA) is 115 Å². The van der Waals surface area contributed by atoms with Gasteiger partial charge in [-0.25, -0.2) is 16.8 Å². The van der Waals surface area contributed by atoms with Crippen LogP contribution < -0.4 is 9.46 Å². The first-order chi connectivity index (χ1) is 14.0. The lowest BCUT2D eigenvalue weighted by Crippen LogP contribution is -2.14. The number of nitrogens with zero attached hydrogens (tertiary/aromatic N) is 2. The summed E-state index contributed by atoms with van der Waals surface area (Å²) < 4.78 is 56.4. The summed E-state index contributed by atoms with van der Waals surface area (Å²) in [5, 5.41) is 7.53. The Kier molecular flexibility index (Phi) is 5.82. The molecule has 0 aliphatic rings. The molecular weight excluding hydrogens is 426 g/mol. The second-order valence-corrected chi connectivity index (χ2v) is 10.4. The van der Waals surface area contributed by atoms with Crippen LogP contribution in [-0.4, -0.2) is 40.4 Å². The third-order valence-electron chi connectivity index (χ3n) is 4.43. The van der Waals surface area contributed by atoms with E-state index in [4.69, 9.17) is 4.74 Å². The number of hydrogen-bond acceptors (Lipinski definition) is 7. The van der Waals surface area contributed by atoms with Gasteiger partial charge in [-0.15, -0.1) is 10.2 Å². The molecule has 0 fully saturated rings. The van der Waals surface area contributed by atoms with Gasteiger partial charge in [0.15, 0.2) is 14.9 Å². The standard InChI is InChI=1S/C20H21N3O5S2/c1-13-12-19(14(2)11-18(13)28-3)30(26,27)23-16-7-5-15(6-8-16)17-9-10-20(22-21-17)29(4,24)25/h5-12,23H,1-4H3. The van der Waals surface area contributed by atoms with Crippen LogP contribution in [0.4, 0.5) is 5.69 Å². The predicted molar refractivity (Wildman–Crippen MR) is 114 cm³/mol. The summed E-state index contributed by atoms with van der Waals surface area (Å²) in [6.07, 6.45) is 1.06. The molecule has 3 rings (SSSR count). The van der Waals surface area contributed by atoms with Crippen LogP contribution in [0, 0.1) is 13.8 Å². The lowest BCUT2D eigenvalue weighted by atomic mass is 10.1. The Morgan fingerprint density at radius 1 is 0.867 bits per heavy atom. The van der Waals surface area contributed by atoms with Gasteiger partial charge >= 0.3 is 0 Å². The largest absolute Gasteiger partial charge is 0.496 e. The Hall–Kier alpha value is -2.98. The molecule has 10 heteroatoms. The number of hydrogen-bond donors (Lipinski definition) is 1. The number of anilines is 1. The molecule has 0 aliphatic heterocycles. The summed E-state index contributed by atoms with van der Waals surface area (Å²) in [6, 6.07) is 12.7. The zero-order valence-corrected chi connectivity index (χ0v) is 18.5. The molecule has 0 saturated heterocycles. The number of aromatic nitrogens is 2. The van der Waals surface area contributed by atoms with Gasteiger partial charge < -0.3 is 4.74 Å². The van der Waals surface area contributed by atoms with Crippen molar-refractivity contribution in [2.45, 2.75) is 23.8 Å². The van der Waals surface area contributed by atoms with Crippen molar-refractivity contribution in [2.24, 2.45) is 0 Å². The predicted octanol–water partition coefficient (Wildman–Crippen LogP) is 2.97. The van der Waals surface area contributed by atoms with E-state index in [1.165, 1.54) is 13.2 Å². The summed E-state index contributed by atoms with van der Waals surface area (Å²) in [4.78, 5) is 0.173.